The normalized spacial score (nSPS) is 19.7. The number of benzene rings is 1. The van der Waals surface area contributed by atoms with Gasteiger partial charge in [-0.1, -0.05) is 0 Å². The number of amides is 1. The molecule has 1 N–H and O–H groups in total. The van der Waals surface area contributed by atoms with Crippen LogP contribution in [0.5, 0.6) is 0 Å². The molecule has 3 heterocycles. The zero-order valence-corrected chi connectivity index (χ0v) is 18.5. The first-order valence-corrected chi connectivity index (χ1v) is 11.8. The lowest BCUT2D eigenvalue weighted by Crippen LogP contribution is -2.40. The predicted molar refractivity (Wildman–Crippen MR) is 114 cm³/mol. The number of hydrogen-bond acceptors (Lipinski definition) is 6. The SMILES string of the molecule is CNc1nc([C@@H]2CCCN(S(=O)(=O)c3ccc(F)cc3)C2)nc2c1CN(C(C)=O)CC2. The molecular formula is C21H26FN5O3S. The number of anilines is 1. The zero-order valence-electron chi connectivity index (χ0n) is 17.6. The van der Waals surface area contributed by atoms with E-state index in [-0.39, 0.29) is 23.3 Å². The van der Waals surface area contributed by atoms with Crippen LogP contribution in [-0.4, -0.2) is 60.2 Å². The Hall–Kier alpha value is -2.59. The van der Waals surface area contributed by atoms with E-state index in [1.54, 1.807) is 18.9 Å². The molecule has 31 heavy (non-hydrogen) atoms. The van der Waals surface area contributed by atoms with E-state index in [9.17, 15) is 17.6 Å². The molecule has 1 fully saturated rings. The van der Waals surface area contributed by atoms with Crippen molar-refractivity contribution in [2.45, 2.75) is 43.5 Å². The van der Waals surface area contributed by atoms with Gasteiger partial charge in [-0.15, -0.1) is 0 Å². The highest BCUT2D eigenvalue weighted by atomic mass is 32.2. The minimum absolute atomic E-state index is 0.0192. The molecule has 1 amide bonds. The second-order valence-electron chi connectivity index (χ2n) is 7.95. The van der Waals surface area contributed by atoms with Crippen LogP contribution < -0.4 is 5.32 Å². The molecule has 2 aromatic rings. The van der Waals surface area contributed by atoms with Gasteiger partial charge in [0.1, 0.15) is 17.5 Å². The van der Waals surface area contributed by atoms with Gasteiger partial charge in [0.2, 0.25) is 15.9 Å². The number of hydrogen-bond donors (Lipinski definition) is 1. The van der Waals surface area contributed by atoms with Crippen LogP contribution >= 0.6 is 0 Å². The Kier molecular flexibility index (Phi) is 5.94. The molecule has 1 saturated heterocycles. The number of halogens is 1. The molecule has 4 rings (SSSR count). The van der Waals surface area contributed by atoms with Crippen LogP contribution in [0, 0.1) is 5.82 Å². The molecule has 8 nitrogen and oxygen atoms in total. The molecule has 2 aliphatic rings. The van der Waals surface area contributed by atoms with E-state index in [4.69, 9.17) is 9.97 Å². The number of sulfonamides is 1. The fourth-order valence-electron chi connectivity index (χ4n) is 4.22. The zero-order chi connectivity index (χ0) is 22.2. The van der Waals surface area contributed by atoms with E-state index in [1.165, 1.54) is 16.4 Å². The van der Waals surface area contributed by atoms with Crippen molar-refractivity contribution in [1.29, 1.82) is 0 Å². The van der Waals surface area contributed by atoms with Gasteiger partial charge in [-0.3, -0.25) is 4.79 Å². The van der Waals surface area contributed by atoms with E-state index >= 15 is 0 Å². The predicted octanol–water partition coefficient (Wildman–Crippen LogP) is 2.13. The van der Waals surface area contributed by atoms with Gasteiger partial charge in [-0.2, -0.15) is 4.31 Å². The second kappa shape index (κ2) is 8.51. The van der Waals surface area contributed by atoms with Gasteiger partial charge in [0.15, 0.2) is 0 Å². The maximum atomic E-state index is 13.2. The summed E-state index contributed by atoms with van der Waals surface area (Å²) in [5.74, 6) is 0.724. The fourth-order valence-corrected chi connectivity index (χ4v) is 5.74. The van der Waals surface area contributed by atoms with Crippen molar-refractivity contribution in [2.75, 3.05) is 32.0 Å². The van der Waals surface area contributed by atoms with Gasteiger partial charge in [-0.05, 0) is 37.1 Å². The lowest BCUT2D eigenvalue weighted by molar-refractivity contribution is -0.129. The van der Waals surface area contributed by atoms with E-state index in [0.717, 1.165) is 29.8 Å². The molecule has 0 aliphatic carbocycles. The summed E-state index contributed by atoms with van der Waals surface area (Å²) < 4.78 is 40.8. The van der Waals surface area contributed by atoms with Gasteiger partial charge in [-0.25, -0.2) is 22.8 Å². The largest absolute Gasteiger partial charge is 0.373 e. The fraction of sp³-hybridized carbons (Fsp3) is 0.476. The number of aromatic nitrogens is 2. The summed E-state index contributed by atoms with van der Waals surface area (Å²) >= 11 is 0. The van der Waals surface area contributed by atoms with Crippen molar-refractivity contribution >= 4 is 21.7 Å². The van der Waals surface area contributed by atoms with E-state index in [1.807, 2.05) is 0 Å². The number of fused-ring (bicyclic) bond motifs is 1. The van der Waals surface area contributed by atoms with E-state index in [2.05, 4.69) is 5.32 Å². The number of nitrogens with zero attached hydrogens (tertiary/aromatic N) is 4. The number of piperidine rings is 1. The van der Waals surface area contributed by atoms with Gasteiger partial charge in [0.25, 0.3) is 0 Å². The third-order valence-corrected chi connectivity index (χ3v) is 7.84. The Bertz CT molecular complexity index is 1070. The van der Waals surface area contributed by atoms with E-state index in [0.29, 0.717) is 44.1 Å². The average molecular weight is 448 g/mol. The quantitative estimate of drug-likeness (QED) is 0.772. The summed E-state index contributed by atoms with van der Waals surface area (Å²) in [6.45, 7) is 3.32. The lowest BCUT2D eigenvalue weighted by Gasteiger charge is -2.33. The number of rotatable bonds is 4. The summed E-state index contributed by atoms with van der Waals surface area (Å²) in [6.07, 6.45) is 2.12. The minimum atomic E-state index is -3.72. The van der Waals surface area contributed by atoms with Gasteiger partial charge < -0.3 is 10.2 Å². The average Bonchev–Trinajstić information content (AvgIpc) is 2.78. The van der Waals surface area contributed by atoms with Crippen LogP contribution in [0.3, 0.4) is 0 Å². The summed E-state index contributed by atoms with van der Waals surface area (Å²) in [5, 5.41) is 3.11. The Labute approximate surface area is 181 Å². The minimum Gasteiger partial charge on any atom is -0.373 e. The van der Waals surface area contributed by atoms with Crippen molar-refractivity contribution in [1.82, 2.24) is 19.2 Å². The molecule has 2 aliphatic heterocycles. The molecule has 1 aromatic carbocycles. The first-order chi connectivity index (χ1) is 14.8. The summed E-state index contributed by atoms with van der Waals surface area (Å²) in [4.78, 5) is 23.1. The lowest BCUT2D eigenvalue weighted by atomic mass is 9.97. The highest BCUT2D eigenvalue weighted by molar-refractivity contribution is 7.89. The molecular weight excluding hydrogens is 421 g/mol. The maximum absolute atomic E-state index is 13.2. The number of nitrogens with one attached hydrogen (secondary N) is 1. The molecule has 166 valence electrons. The van der Waals surface area contributed by atoms with Crippen molar-refractivity contribution in [2.24, 2.45) is 0 Å². The molecule has 0 spiro atoms. The Morgan fingerprint density at radius 1 is 1.19 bits per heavy atom. The van der Waals surface area contributed by atoms with Crippen LogP contribution in [0.2, 0.25) is 0 Å². The molecule has 1 atom stereocenters. The molecule has 10 heteroatoms. The van der Waals surface area contributed by atoms with Gasteiger partial charge in [0, 0.05) is 51.5 Å². The highest BCUT2D eigenvalue weighted by Gasteiger charge is 2.33. The summed E-state index contributed by atoms with van der Waals surface area (Å²) in [6, 6.07) is 4.90. The maximum Gasteiger partial charge on any atom is 0.243 e. The summed E-state index contributed by atoms with van der Waals surface area (Å²) in [5.41, 5.74) is 1.82. The first-order valence-electron chi connectivity index (χ1n) is 10.4. The standard InChI is InChI=1S/C21H26FN5O3S/c1-14(28)26-11-9-19-18(13-26)21(23-2)25-20(24-19)15-4-3-10-27(12-15)31(29,30)17-7-5-16(22)6-8-17/h5-8,15H,3-4,9-13H2,1-2H3,(H,23,24,25)/t15-/m1/s1. The monoisotopic (exact) mass is 447 g/mol. The van der Waals surface area contributed by atoms with Crippen molar-refractivity contribution < 1.29 is 17.6 Å². The van der Waals surface area contributed by atoms with Crippen LogP contribution in [-0.2, 0) is 27.8 Å². The third-order valence-electron chi connectivity index (χ3n) is 5.96. The molecule has 0 bridgehead atoms. The van der Waals surface area contributed by atoms with E-state index < -0.39 is 15.8 Å². The van der Waals surface area contributed by atoms with Crippen LogP contribution in [0.4, 0.5) is 10.2 Å². The summed E-state index contributed by atoms with van der Waals surface area (Å²) in [7, 11) is -1.94. The number of carbonyl (C=O) groups excluding carboxylic acids is 1. The third kappa shape index (κ3) is 4.27. The van der Waals surface area contributed by atoms with Crippen molar-refractivity contribution in [3.05, 3.63) is 47.2 Å². The molecule has 0 unspecified atom stereocenters. The topological polar surface area (TPSA) is 95.5 Å². The molecule has 0 saturated carbocycles. The Morgan fingerprint density at radius 2 is 1.94 bits per heavy atom. The Morgan fingerprint density at radius 3 is 2.61 bits per heavy atom. The second-order valence-corrected chi connectivity index (χ2v) is 9.89. The van der Waals surface area contributed by atoms with Crippen molar-refractivity contribution in [3.63, 3.8) is 0 Å². The van der Waals surface area contributed by atoms with Gasteiger partial charge >= 0.3 is 0 Å². The molecule has 0 radical (unpaired) electrons. The Balaban J connectivity index is 1.60. The van der Waals surface area contributed by atoms with Crippen LogP contribution in [0.15, 0.2) is 29.2 Å². The first kappa shape index (κ1) is 21.6. The van der Waals surface area contributed by atoms with Crippen LogP contribution in [0.25, 0.3) is 0 Å². The van der Waals surface area contributed by atoms with Crippen molar-refractivity contribution in [3.8, 4) is 0 Å². The highest BCUT2D eigenvalue weighted by Crippen LogP contribution is 2.32. The van der Waals surface area contributed by atoms with Gasteiger partial charge in [0.05, 0.1) is 17.1 Å². The number of carbonyl (C=O) groups is 1. The smallest absolute Gasteiger partial charge is 0.243 e. The molecule has 1 aromatic heterocycles. The van der Waals surface area contributed by atoms with Crippen LogP contribution in [0.1, 0.15) is 42.8 Å².